The predicted octanol–water partition coefficient (Wildman–Crippen LogP) is 3.70. The van der Waals surface area contributed by atoms with Gasteiger partial charge in [-0.2, -0.15) is 0 Å². The van der Waals surface area contributed by atoms with Crippen LogP contribution in [0.3, 0.4) is 0 Å². The average Bonchev–Trinajstić information content (AvgIpc) is 2.62. The molecule has 0 spiro atoms. The molecular weight excluding hydrogens is 311 g/mol. The minimum absolute atomic E-state index is 0.00836. The van der Waals surface area contributed by atoms with E-state index in [1.165, 1.54) is 0 Å². The highest BCUT2D eigenvalue weighted by Gasteiger charge is 2.23. The molecule has 0 atom stereocenters. The number of amides is 1. The van der Waals surface area contributed by atoms with Crippen LogP contribution in [0, 0.1) is 0 Å². The van der Waals surface area contributed by atoms with Crippen LogP contribution < -0.4 is 9.64 Å². The summed E-state index contributed by atoms with van der Waals surface area (Å²) < 4.78 is 5.60. The molecule has 1 aliphatic rings. The van der Waals surface area contributed by atoms with E-state index in [-0.39, 0.29) is 5.91 Å². The number of ether oxygens (including phenoxy) is 1. The molecule has 2 aromatic rings. The summed E-state index contributed by atoms with van der Waals surface area (Å²) >= 11 is 12.0. The molecule has 0 fully saturated rings. The number of hydrogen-bond acceptors (Lipinski definition) is 3. The normalized spacial score (nSPS) is 14.4. The summed E-state index contributed by atoms with van der Waals surface area (Å²) in [6.07, 6.45) is 1.92. The zero-order valence-electron chi connectivity index (χ0n) is 11.1. The third-order valence-corrected chi connectivity index (χ3v) is 3.81. The Labute approximate surface area is 132 Å². The maximum Gasteiger partial charge on any atom is 0.230 e. The summed E-state index contributed by atoms with van der Waals surface area (Å²) in [6, 6.07) is 9.03. The van der Waals surface area contributed by atoms with E-state index in [1.54, 1.807) is 17.2 Å². The van der Waals surface area contributed by atoms with Crippen LogP contribution in [0.5, 0.6) is 5.75 Å². The van der Waals surface area contributed by atoms with Crippen LogP contribution in [0.15, 0.2) is 36.5 Å². The van der Waals surface area contributed by atoms with Gasteiger partial charge in [-0.1, -0.05) is 35.3 Å². The second-order valence-electron chi connectivity index (χ2n) is 4.64. The molecule has 108 valence electrons. The minimum atomic E-state index is -0.00836. The van der Waals surface area contributed by atoms with E-state index >= 15 is 0 Å². The van der Waals surface area contributed by atoms with E-state index in [4.69, 9.17) is 27.9 Å². The van der Waals surface area contributed by atoms with Crippen molar-refractivity contribution < 1.29 is 9.53 Å². The van der Waals surface area contributed by atoms with Gasteiger partial charge in [-0.25, -0.2) is 4.98 Å². The summed E-state index contributed by atoms with van der Waals surface area (Å²) in [7, 11) is 0. The summed E-state index contributed by atoms with van der Waals surface area (Å²) in [5.41, 5.74) is 1.48. The Hall–Kier alpha value is -1.78. The van der Waals surface area contributed by atoms with E-state index in [0.29, 0.717) is 35.5 Å². The van der Waals surface area contributed by atoms with Crippen molar-refractivity contribution in [1.29, 1.82) is 0 Å². The van der Waals surface area contributed by atoms with Gasteiger partial charge in [-0.3, -0.25) is 4.79 Å². The first kappa shape index (κ1) is 14.2. The third-order valence-electron chi connectivity index (χ3n) is 3.26. The molecule has 0 bridgehead atoms. The first-order valence-corrected chi connectivity index (χ1v) is 7.23. The lowest BCUT2D eigenvalue weighted by Crippen LogP contribution is -2.29. The summed E-state index contributed by atoms with van der Waals surface area (Å²) in [6.45, 7) is 0.709. The monoisotopic (exact) mass is 322 g/mol. The number of rotatable bonds is 2. The Morgan fingerprint density at radius 2 is 2.10 bits per heavy atom. The molecule has 3 rings (SSSR count). The van der Waals surface area contributed by atoms with E-state index in [0.717, 1.165) is 11.3 Å². The largest absolute Gasteiger partial charge is 0.491 e. The van der Waals surface area contributed by atoms with Gasteiger partial charge >= 0.3 is 0 Å². The topological polar surface area (TPSA) is 42.4 Å². The van der Waals surface area contributed by atoms with Crippen LogP contribution in [0.25, 0.3) is 0 Å². The number of hydrogen-bond donors (Lipinski definition) is 0. The van der Waals surface area contributed by atoms with Gasteiger partial charge in [0, 0.05) is 11.8 Å². The molecule has 0 radical (unpaired) electrons. The first-order valence-electron chi connectivity index (χ1n) is 6.47. The van der Waals surface area contributed by atoms with Crippen LogP contribution in [-0.2, 0) is 11.3 Å². The number of para-hydroxylation sites is 2. The molecule has 1 aromatic heterocycles. The number of carbonyl (C=O) groups excluding carboxylic acids is 1. The molecule has 0 unspecified atom stereocenters. The molecule has 6 heteroatoms. The van der Waals surface area contributed by atoms with Crippen LogP contribution in [0.4, 0.5) is 5.69 Å². The standard InChI is InChI=1S/C15H12Cl2N2O2/c16-11-7-14(17)18-8-10(11)9-19-12-3-1-2-4-13(12)21-6-5-15(19)20/h1-4,7-8H,5-6,9H2. The number of anilines is 1. The Kier molecular flexibility index (Phi) is 3.99. The van der Waals surface area contributed by atoms with Crippen molar-refractivity contribution in [2.75, 3.05) is 11.5 Å². The van der Waals surface area contributed by atoms with Gasteiger partial charge in [0.05, 0.1) is 30.3 Å². The van der Waals surface area contributed by atoms with Crippen molar-refractivity contribution in [3.63, 3.8) is 0 Å². The van der Waals surface area contributed by atoms with E-state index in [9.17, 15) is 4.79 Å². The van der Waals surface area contributed by atoms with Crippen molar-refractivity contribution in [3.8, 4) is 5.75 Å². The molecule has 0 saturated carbocycles. The molecule has 0 saturated heterocycles. The molecule has 1 aliphatic heterocycles. The van der Waals surface area contributed by atoms with Crippen LogP contribution in [0.1, 0.15) is 12.0 Å². The fourth-order valence-corrected chi connectivity index (χ4v) is 2.64. The predicted molar refractivity (Wildman–Crippen MR) is 82.0 cm³/mol. The Morgan fingerprint density at radius 1 is 1.29 bits per heavy atom. The van der Waals surface area contributed by atoms with Crippen LogP contribution >= 0.6 is 23.2 Å². The smallest absolute Gasteiger partial charge is 0.230 e. The highest BCUT2D eigenvalue weighted by atomic mass is 35.5. The number of halogens is 2. The number of benzene rings is 1. The van der Waals surface area contributed by atoms with Crippen molar-refractivity contribution in [3.05, 3.63) is 52.3 Å². The van der Waals surface area contributed by atoms with E-state index in [1.807, 2.05) is 24.3 Å². The number of pyridine rings is 1. The van der Waals surface area contributed by atoms with Crippen molar-refractivity contribution in [1.82, 2.24) is 4.98 Å². The molecule has 1 amide bonds. The van der Waals surface area contributed by atoms with Gasteiger partial charge in [0.25, 0.3) is 0 Å². The number of aromatic nitrogens is 1. The maximum atomic E-state index is 12.3. The number of carbonyl (C=O) groups is 1. The van der Waals surface area contributed by atoms with Gasteiger partial charge in [-0.05, 0) is 18.2 Å². The highest BCUT2D eigenvalue weighted by Crippen LogP contribution is 2.33. The van der Waals surface area contributed by atoms with E-state index < -0.39 is 0 Å². The second-order valence-corrected chi connectivity index (χ2v) is 5.44. The van der Waals surface area contributed by atoms with Crippen LogP contribution in [0.2, 0.25) is 10.2 Å². The summed E-state index contributed by atoms with van der Waals surface area (Å²) in [4.78, 5) is 18.0. The quantitative estimate of drug-likeness (QED) is 0.792. The van der Waals surface area contributed by atoms with Crippen molar-refractivity contribution in [2.45, 2.75) is 13.0 Å². The Balaban J connectivity index is 1.98. The Bertz CT molecular complexity index is 691. The molecule has 1 aromatic carbocycles. The Morgan fingerprint density at radius 3 is 2.90 bits per heavy atom. The van der Waals surface area contributed by atoms with Gasteiger partial charge in [-0.15, -0.1) is 0 Å². The summed E-state index contributed by atoms with van der Waals surface area (Å²) in [5, 5.41) is 0.820. The SMILES string of the molecule is O=C1CCOc2ccccc2N1Cc1cnc(Cl)cc1Cl. The van der Waals surface area contributed by atoms with Crippen molar-refractivity contribution >= 4 is 34.8 Å². The van der Waals surface area contributed by atoms with Gasteiger partial charge in [0.2, 0.25) is 5.91 Å². The maximum absolute atomic E-state index is 12.3. The third kappa shape index (κ3) is 2.96. The lowest BCUT2D eigenvalue weighted by Gasteiger charge is -2.22. The van der Waals surface area contributed by atoms with Crippen molar-refractivity contribution in [2.24, 2.45) is 0 Å². The molecule has 2 heterocycles. The average molecular weight is 323 g/mol. The molecule has 0 aliphatic carbocycles. The fourth-order valence-electron chi connectivity index (χ4n) is 2.22. The summed E-state index contributed by atoms with van der Waals surface area (Å²) in [5.74, 6) is 0.687. The lowest BCUT2D eigenvalue weighted by molar-refractivity contribution is -0.118. The molecule has 21 heavy (non-hydrogen) atoms. The zero-order chi connectivity index (χ0) is 14.8. The highest BCUT2D eigenvalue weighted by molar-refractivity contribution is 6.34. The second kappa shape index (κ2) is 5.92. The van der Waals surface area contributed by atoms with Gasteiger partial charge < -0.3 is 9.64 Å². The number of fused-ring (bicyclic) bond motifs is 1. The lowest BCUT2D eigenvalue weighted by atomic mass is 10.2. The fraction of sp³-hybridized carbons (Fsp3) is 0.200. The number of nitrogens with zero attached hydrogens (tertiary/aromatic N) is 2. The first-order chi connectivity index (χ1) is 10.1. The van der Waals surface area contributed by atoms with Gasteiger partial charge in [0.15, 0.2) is 0 Å². The molecule has 0 N–H and O–H groups in total. The van der Waals surface area contributed by atoms with Crippen LogP contribution in [-0.4, -0.2) is 17.5 Å². The van der Waals surface area contributed by atoms with Gasteiger partial charge in [0.1, 0.15) is 10.9 Å². The minimum Gasteiger partial charge on any atom is -0.491 e. The zero-order valence-corrected chi connectivity index (χ0v) is 12.6. The molecule has 4 nitrogen and oxygen atoms in total. The molecular formula is C15H12Cl2N2O2. The van der Waals surface area contributed by atoms with E-state index in [2.05, 4.69) is 4.98 Å².